The molecule has 1 aliphatic carbocycles. The van der Waals surface area contributed by atoms with Crippen molar-refractivity contribution in [1.29, 1.82) is 0 Å². The number of nitrogens with one attached hydrogen (secondary N) is 2. The SMILES string of the molecule is CC(=O)N1CCC(CNC(=O)c2c[nH]c3ncc(C4CC4)nc23)C1. The van der Waals surface area contributed by atoms with Gasteiger partial charge in [0.25, 0.3) is 5.91 Å². The number of hydrogen-bond donors (Lipinski definition) is 2. The molecule has 0 radical (unpaired) electrons. The van der Waals surface area contributed by atoms with E-state index >= 15 is 0 Å². The Hall–Kier alpha value is -2.44. The summed E-state index contributed by atoms with van der Waals surface area (Å²) >= 11 is 0. The maximum atomic E-state index is 12.5. The van der Waals surface area contributed by atoms with Crippen molar-refractivity contribution in [1.82, 2.24) is 25.2 Å². The van der Waals surface area contributed by atoms with Gasteiger partial charge in [0, 0.05) is 38.7 Å². The van der Waals surface area contributed by atoms with Crippen LogP contribution in [0.3, 0.4) is 0 Å². The lowest BCUT2D eigenvalue weighted by Gasteiger charge is -2.14. The summed E-state index contributed by atoms with van der Waals surface area (Å²) in [5.74, 6) is 0.785. The first-order valence-electron chi connectivity index (χ1n) is 8.49. The molecule has 1 saturated heterocycles. The Morgan fingerprint density at radius 1 is 1.38 bits per heavy atom. The van der Waals surface area contributed by atoms with E-state index in [-0.39, 0.29) is 11.8 Å². The third-order valence-corrected chi connectivity index (χ3v) is 4.92. The molecule has 0 spiro atoms. The smallest absolute Gasteiger partial charge is 0.255 e. The van der Waals surface area contributed by atoms with Crippen molar-refractivity contribution in [2.24, 2.45) is 5.92 Å². The number of fused-ring (bicyclic) bond motifs is 1. The van der Waals surface area contributed by atoms with E-state index < -0.39 is 0 Å². The zero-order chi connectivity index (χ0) is 16.7. The molecule has 4 rings (SSSR count). The summed E-state index contributed by atoms with van der Waals surface area (Å²) < 4.78 is 0. The molecule has 2 N–H and O–H groups in total. The maximum absolute atomic E-state index is 12.5. The Morgan fingerprint density at radius 3 is 2.92 bits per heavy atom. The second-order valence-electron chi connectivity index (χ2n) is 6.80. The number of amides is 2. The fraction of sp³-hybridized carbons (Fsp3) is 0.529. The Morgan fingerprint density at radius 2 is 2.21 bits per heavy atom. The van der Waals surface area contributed by atoms with Crippen molar-refractivity contribution in [2.75, 3.05) is 19.6 Å². The second-order valence-corrected chi connectivity index (χ2v) is 6.80. The van der Waals surface area contributed by atoms with Crippen LogP contribution in [0.2, 0.25) is 0 Å². The number of carbonyl (C=O) groups is 2. The Kier molecular flexibility index (Phi) is 3.70. The van der Waals surface area contributed by atoms with Crippen molar-refractivity contribution in [3.63, 3.8) is 0 Å². The summed E-state index contributed by atoms with van der Waals surface area (Å²) in [5, 5.41) is 2.98. The Bertz CT molecular complexity index is 795. The van der Waals surface area contributed by atoms with Crippen LogP contribution >= 0.6 is 0 Å². The molecule has 7 nitrogen and oxygen atoms in total. The van der Waals surface area contributed by atoms with Crippen molar-refractivity contribution >= 4 is 23.0 Å². The van der Waals surface area contributed by atoms with Gasteiger partial charge in [0.05, 0.1) is 17.5 Å². The summed E-state index contributed by atoms with van der Waals surface area (Å²) in [6.07, 6.45) is 6.71. The van der Waals surface area contributed by atoms with Crippen LogP contribution in [-0.2, 0) is 4.79 Å². The predicted molar refractivity (Wildman–Crippen MR) is 88.6 cm³/mol. The molecule has 2 aromatic heterocycles. The van der Waals surface area contributed by atoms with Crippen molar-refractivity contribution in [3.8, 4) is 0 Å². The zero-order valence-electron chi connectivity index (χ0n) is 13.7. The fourth-order valence-corrected chi connectivity index (χ4v) is 3.27. The monoisotopic (exact) mass is 327 g/mol. The molecule has 1 unspecified atom stereocenters. The third-order valence-electron chi connectivity index (χ3n) is 4.92. The number of aromatic nitrogens is 3. The molecule has 0 bridgehead atoms. The first kappa shape index (κ1) is 15.1. The molecule has 7 heteroatoms. The number of likely N-dealkylation sites (tertiary alicyclic amines) is 1. The van der Waals surface area contributed by atoms with E-state index in [1.54, 1.807) is 19.3 Å². The molecule has 2 aromatic rings. The summed E-state index contributed by atoms with van der Waals surface area (Å²) in [5.41, 5.74) is 2.81. The van der Waals surface area contributed by atoms with Crippen LogP contribution in [0.1, 0.15) is 48.2 Å². The highest BCUT2D eigenvalue weighted by Gasteiger charge is 2.27. The molecule has 0 aromatic carbocycles. The Balaban J connectivity index is 1.44. The van der Waals surface area contributed by atoms with Crippen molar-refractivity contribution < 1.29 is 9.59 Å². The summed E-state index contributed by atoms with van der Waals surface area (Å²) in [6.45, 7) is 3.66. The van der Waals surface area contributed by atoms with Crippen LogP contribution in [0.25, 0.3) is 11.2 Å². The summed E-state index contributed by atoms with van der Waals surface area (Å²) in [4.78, 5) is 37.7. The van der Waals surface area contributed by atoms with Crippen molar-refractivity contribution in [3.05, 3.63) is 23.7 Å². The Labute approximate surface area is 139 Å². The van der Waals surface area contributed by atoms with E-state index in [1.807, 2.05) is 4.90 Å². The van der Waals surface area contributed by atoms with Gasteiger partial charge < -0.3 is 15.2 Å². The van der Waals surface area contributed by atoms with Gasteiger partial charge in [-0.3, -0.25) is 9.59 Å². The molecule has 24 heavy (non-hydrogen) atoms. The van der Waals surface area contributed by atoms with Crippen molar-refractivity contribution in [2.45, 2.75) is 32.1 Å². The van der Waals surface area contributed by atoms with E-state index in [0.29, 0.717) is 35.1 Å². The van der Waals surface area contributed by atoms with Gasteiger partial charge in [0.2, 0.25) is 5.91 Å². The van der Waals surface area contributed by atoms with Gasteiger partial charge in [-0.25, -0.2) is 9.97 Å². The van der Waals surface area contributed by atoms with E-state index in [0.717, 1.165) is 38.0 Å². The first-order valence-corrected chi connectivity index (χ1v) is 8.49. The van der Waals surface area contributed by atoms with Crippen LogP contribution in [0.15, 0.2) is 12.4 Å². The molecular weight excluding hydrogens is 306 g/mol. The molecule has 2 fully saturated rings. The number of rotatable bonds is 4. The van der Waals surface area contributed by atoms with E-state index in [2.05, 4.69) is 20.3 Å². The largest absolute Gasteiger partial charge is 0.352 e. The van der Waals surface area contributed by atoms with Crippen LogP contribution in [0, 0.1) is 5.92 Å². The number of hydrogen-bond acceptors (Lipinski definition) is 4. The van der Waals surface area contributed by atoms with Gasteiger partial charge in [-0.1, -0.05) is 0 Å². The predicted octanol–water partition coefficient (Wildman–Crippen LogP) is 1.43. The number of aromatic amines is 1. The number of carbonyl (C=O) groups excluding carboxylic acids is 2. The lowest BCUT2D eigenvalue weighted by atomic mass is 10.1. The van der Waals surface area contributed by atoms with Gasteiger partial charge in [-0.05, 0) is 25.2 Å². The molecule has 2 aliphatic rings. The van der Waals surface area contributed by atoms with Crippen LogP contribution in [0.5, 0.6) is 0 Å². The molecular formula is C17H21N5O2. The highest BCUT2D eigenvalue weighted by molar-refractivity contribution is 6.04. The minimum absolute atomic E-state index is 0.100. The molecule has 3 heterocycles. The quantitative estimate of drug-likeness (QED) is 0.889. The highest BCUT2D eigenvalue weighted by atomic mass is 16.2. The van der Waals surface area contributed by atoms with Gasteiger partial charge in [-0.2, -0.15) is 0 Å². The van der Waals surface area contributed by atoms with E-state index in [1.165, 1.54) is 0 Å². The lowest BCUT2D eigenvalue weighted by Crippen LogP contribution is -2.32. The fourth-order valence-electron chi connectivity index (χ4n) is 3.27. The van der Waals surface area contributed by atoms with Gasteiger partial charge in [-0.15, -0.1) is 0 Å². The van der Waals surface area contributed by atoms with Gasteiger partial charge in [0.1, 0.15) is 5.52 Å². The van der Waals surface area contributed by atoms with Crippen LogP contribution in [-0.4, -0.2) is 51.3 Å². The molecule has 2 amide bonds. The molecule has 1 saturated carbocycles. The first-order chi connectivity index (χ1) is 11.6. The highest BCUT2D eigenvalue weighted by Crippen LogP contribution is 2.39. The molecule has 126 valence electrons. The molecule has 1 aliphatic heterocycles. The summed E-state index contributed by atoms with van der Waals surface area (Å²) in [7, 11) is 0. The number of nitrogens with zero attached hydrogens (tertiary/aromatic N) is 3. The van der Waals surface area contributed by atoms with Gasteiger partial charge in [0.15, 0.2) is 5.65 Å². The van der Waals surface area contributed by atoms with E-state index in [9.17, 15) is 9.59 Å². The topological polar surface area (TPSA) is 91.0 Å². The van der Waals surface area contributed by atoms with Gasteiger partial charge >= 0.3 is 0 Å². The average molecular weight is 327 g/mol. The number of H-pyrrole nitrogens is 1. The molecule has 1 atom stereocenters. The van der Waals surface area contributed by atoms with Crippen LogP contribution < -0.4 is 5.32 Å². The van der Waals surface area contributed by atoms with Crippen LogP contribution in [0.4, 0.5) is 0 Å². The van der Waals surface area contributed by atoms with E-state index in [4.69, 9.17) is 0 Å². The normalized spacial score (nSPS) is 20.5. The zero-order valence-corrected chi connectivity index (χ0v) is 13.7. The minimum Gasteiger partial charge on any atom is -0.352 e. The summed E-state index contributed by atoms with van der Waals surface area (Å²) in [6, 6.07) is 0. The lowest BCUT2D eigenvalue weighted by molar-refractivity contribution is -0.127. The average Bonchev–Trinajstić information content (AvgIpc) is 3.16. The standard InChI is InChI=1S/C17H21N5O2/c1-10(23)22-5-4-11(9-22)6-20-17(24)13-7-18-16-15(13)21-14(8-19-16)12-2-3-12/h7-8,11-12H,2-6,9H2,1H3,(H,18,19)(H,20,24). The maximum Gasteiger partial charge on any atom is 0.255 e. The minimum atomic E-state index is -0.134. The third kappa shape index (κ3) is 2.86. The second kappa shape index (κ2) is 5.89.